The summed E-state index contributed by atoms with van der Waals surface area (Å²) >= 11 is 0. The van der Waals surface area contributed by atoms with Crippen molar-refractivity contribution < 1.29 is 0 Å². The minimum absolute atomic E-state index is 0.973. The van der Waals surface area contributed by atoms with Gasteiger partial charge in [-0.15, -0.1) is 0 Å². The molecule has 0 aromatic rings. The van der Waals surface area contributed by atoms with Crippen LogP contribution in [-0.2, 0) is 0 Å². The fourth-order valence-corrected chi connectivity index (χ4v) is 1.87. The van der Waals surface area contributed by atoms with Crippen LogP contribution in [0.15, 0.2) is 23.8 Å². The Bertz CT molecular complexity index is 210. The van der Waals surface area contributed by atoms with E-state index < -0.39 is 0 Å². The Hall–Kier alpha value is -0.560. The lowest BCUT2D eigenvalue weighted by atomic mass is 10.0. The summed E-state index contributed by atoms with van der Waals surface area (Å²) in [6.45, 7) is 10.9. The van der Waals surface area contributed by atoms with E-state index in [4.69, 9.17) is 0 Å². The topological polar surface area (TPSA) is 12.0 Å². The van der Waals surface area contributed by atoms with Crippen LogP contribution in [0.5, 0.6) is 0 Å². The van der Waals surface area contributed by atoms with Crippen molar-refractivity contribution in [3.05, 3.63) is 23.8 Å². The fraction of sp³-hybridized carbons (Fsp3) is 0.750. The van der Waals surface area contributed by atoms with Crippen molar-refractivity contribution >= 4 is 0 Å². The predicted octanol–water partition coefficient (Wildman–Crippen LogP) is 4.70. The Labute approximate surface area is 108 Å². The van der Waals surface area contributed by atoms with E-state index in [1.807, 2.05) is 13.8 Å². The summed E-state index contributed by atoms with van der Waals surface area (Å²) in [6, 6.07) is 0. The van der Waals surface area contributed by atoms with Crippen LogP contribution in [0.4, 0.5) is 0 Å². The summed E-state index contributed by atoms with van der Waals surface area (Å²) in [6.07, 6.45) is 13.3. The zero-order chi connectivity index (χ0) is 12.9. The van der Waals surface area contributed by atoms with Crippen molar-refractivity contribution in [1.29, 1.82) is 0 Å². The van der Waals surface area contributed by atoms with Crippen LogP contribution in [0.1, 0.15) is 59.8 Å². The molecule has 1 saturated heterocycles. The minimum Gasteiger partial charge on any atom is -0.317 e. The quantitative estimate of drug-likeness (QED) is 0.643. The van der Waals surface area contributed by atoms with E-state index >= 15 is 0 Å². The van der Waals surface area contributed by atoms with E-state index in [0.29, 0.717) is 0 Å². The van der Waals surface area contributed by atoms with E-state index in [2.05, 4.69) is 37.4 Å². The van der Waals surface area contributed by atoms with Crippen LogP contribution in [0, 0.1) is 5.92 Å². The third-order valence-corrected chi connectivity index (χ3v) is 3.05. The molecule has 0 radical (unpaired) electrons. The van der Waals surface area contributed by atoms with E-state index in [1.165, 1.54) is 50.8 Å². The van der Waals surface area contributed by atoms with Gasteiger partial charge >= 0.3 is 0 Å². The standard InChI is InChI=1S/C8H12.C6H13N.C2H6/c1-8-6-4-2-3-5-7-8;1-6-2-4-7-5-3-6;1-2/h4,6-7H,2-3,5H2,1H3;6-7H,2-5H2,1H3;1-2H3. The number of piperidine rings is 1. The molecule has 100 valence electrons. The van der Waals surface area contributed by atoms with Crippen molar-refractivity contribution in [2.75, 3.05) is 13.1 Å². The molecule has 0 bridgehead atoms. The Balaban J connectivity index is 0.000000265. The third kappa shape index (κ3) is 10.3. The van der Waals surface area contributed by atoms with Crippen LogP contribution in [0.2, 0.25) is 0 Å². The molecule has 0 saturated carbocycles. The van der Waals surface area contributed by atoms with Gasteiger partial charge in [0.05, 0.1) is 0 Å². The van der Waals surface area contributed by atoms with Crippen LogP contribution in [0.25, 0.3) is 0 Å². The van der Waals surface area contributed by atoms with Gasteiger partial charge in [0.1, 0.15) is 0 Å². The summed E-state index contributed by atoms with van der Waals surface area (Å²) < 4.78 is 0. The third-order valence-electron chi connectivity index (χ3n) is 3.05. The Morgan fingerprint density at radius 1 is 1.12 bits per heavy atom. The van der Waals surface area contributed by atoms with Gasteiger partial charge in [-0.2, -0.15) is 0 Å². The normalized spacial score (nSPS) is 20.1. The molecule has 1 nitrogen and oxygen atoms in total. The summed E-state index contributed by atoms with van der Waals surface area (Å²) in [4.78, 5) is 0. The molecule has 1 heterocycles. The Morgan fingerprint density at radius 3 is 2.29 bits per heavy atom. The van der Waals surface area contributed by atoms with Gasteiger partial charge in [-0.05, 0) is 58.0 Å². The van der Waals surface area contributed by atoms with Crippen LogP contribution in [-0.4, -0.2) is 13.1 Å². The molecular formula is C16H31N. The SMILES string of the molecule is CC.CC1=CCCCC=C1.CC1CCNCC1. The molecule has 1 fully saturated rings. The Kier molecular flexibility index (Phi) is 11.5. The molecule has 1 heteroatoms. The van der Waals surface area contributed by atoms with E-state index in [-0.39, 0.29) is 0 Å². The number of hydrogen-bond acceptors (Lipinski definition) is 1. The maximum Gasteiger partial charge on any atom is -0.00464 e. The molecule has 1 aliphatic carbocycles. The zero-order valence-electron chi connectivity index (χ0n) is 12.3. The lowest BCUT2D eigenvalue weighted by molar-refractivity contribution is 0.402. The van der Waals surface area contributed by atoms with Gasteiger partial charge in [0.25, 0.3) is 0 Å². The first-order valence-electron chi connectivity index (χ1n) is 7.33. The zero-order valence-corrected chi connectivity index (χ0v) is 12.3. The molecule has 0 spiro atoms. The van der Waals surface area contributed by atoms with Gasteiger partial charge in [-0.1, -0.05) is 44.6 Å². The number of nitrogens with one attached hydrogen (secondary N) is 1. The van der Waals surface area contributed by atoms with E-state index in [0.717, 1.165) is 5.92 Å². The summed E-state index contributed by atoms with van der Waals surface area (Å²) in [5.74, 6) is 0.973. The second-order valence-electron chi connectivity index (χ2n) is 4.71. The number of allylic oxidation sites excluding steroid dienone is 4. The van der Waals surface area contributed by atoms with E-state index in [1.54, 1.807) is 0 Å². The maximum absolute atomic E-state index is 3.32. The Morgan fingerprint density at radius 2 is 1.76 bits per heavy atom. The monoisotopic (exact) mass is 237 g/mol. The molecule has 17 heavy (non-hydrogen) atoms. The lowest BCUT2D eigenvalue weighted by Crippen LogP contribution is -2.26. The number of hydrogen-bond donors (Lipinski definition) is 1. The highest BCUT2D eigenvalue weighted by Gasteiger charge is 2.05. The van der Waals surface area contributed by atoms with Crippen molar-refractivity contribution in [1.82, 2.24) is 5.32 Å². The first kappa shape index (κ1) is 16.4. The summed E-state index contributed by atoms with van der Waals surface area (Å²) in [7, 11) is 0. The second-order valence-corrected chi connectivity index (χ2v) is 4.71. The molecule has 0 aromatic heterocycles. The van der Waals surface area contributed by atoms with Gasteiger partial charge in [0.15, 0.2) is 0 Å². The lowest BCUT2D eigenvalue weighted by Gasteiger charge is -2.17. The molecule has 0 unspecified atom stereocenters. The van der Waals surface area contributed by atoms with Crippen LogP contribution in [0.3, 0.4) is 0 Å². The molecule has 0 amide bonds. The molecule has 1 N–H and O–H groups in total. The van der Waals surface area contributed by atoms with Gasteiger partial charge < -0.3 is 5.32 Å². The summed E-state index contributed by atoms with van der Waals surface area (Å²) in [5.41, 5.74) is 1.42. The smallest absolute Gasteiger partial charge is 0.00464 e. The molecular weight excluding hydrogens is 206 g/mol. The molecule has 1 aliphatic heterocycles. The van der Waals surface area contributed by atoms with E-state index in [9.17, 15) is 0 Å². The summed E-state index contributed by atoms with van der Waals surface area (Å²) in [5, 5.41) is 3.32. The minimum atomic E-state index is 0.973. The first-order valence-corrected chi connectivity index (χ1v) is 7.33. The average Bonchev–Trinajstić information content (AvgIpc) is 2.61. The van der Waals surface area contributed by atoms with Crippen LogP contribution < -0.4 is 5.32 Å². The highest BCUT2D eigenvalue weighted by molar-refractivity contribution is 5.17. The largest absolute Gasteiger partial charge is 0.317 e. The second kappa shape index (κ2) is 11.9. The van der Waals surface area contributed by atoms with Gasteiger partial charge in [0.2, 0.25) is 0 Å². The maximum atomic E-state index is 3.32. The predicted molar refractivity (Wildman–Crippen MR) is 79.4 cm³/mol. The molecule has 2 rings (SSSR count). The first-order chi connectivity index (χ1) is 8.29. The van der Waals surface area contributed by atoms with Crippen LogP contribution >= 0.6 is 0 Å². The molecule has 0 aromatic carbocycles. The molecule has 0 atom stereocenters. The highest BCUT2D eigenvalue weighted by atomic mass is 14.9. The van der Waals surface area contributed by atoms with Gasteiger partial charge in [0, 0.05) is 0 Å². The number of rotatable bonds is 0. The fourth-order valence-electron chi connectivity index (χ4n) is 1.87. The average molecular weight is 237 g/mol. The van der Waals surface area contributed by atoms with Crippen molar-refractivity contribution in [2.45, 2.75) is 59.8 Å². The molecule has 2 aliphatic rings. The van der Waals surface area contributed by atoms with Gasteiger partial charge in [-0.25, -0.2) is 0 Å². The van der Waals surface area contributed by atoms with Crippen molar-refractivity contribution in [3.8, 4) is 0 Å². The highest BCUT2D eigenvalue weighted by Crippen LogP contribution is 2.08. The van der Waals surface area contributed by atoms with Crippen molar-refractivity contribution in [3.63, 3.8) is 0 Å². The van der Waals surface area contributed by atoms with Crippen molar-refractivity contribution in [2.24, 2.45) is 5.92 Å². The van der Waals surface area contributed by atoms with Gasteiger partial charge in [-0.3, -0.25) is 0 Å².